The van der Waals surface area contributed by atoms with E-state index in [1.54, 1.807) is 0 Å². The molecule has 2 N–H and O–H groups in total. The fourth-order valence-corrected chi connectivity index (χ4v) is 2.55. The fraction of sp³-hybridized carbons (Fsp3) is 0.786. The van der Waals surface area contributed by atoms with E-state index < -0.39 is 0 Å². The van der Waals surface area contributed by atoms with Crippen molar-refractivity contribution in [1.82, 2.24) is 15.1 Å². The Hall–Kier alpha value is -0.580. The lowest BCUT2D eigenvalue weighted by Gasteiger charge is -2.32. The molecule has 0 saturated heterocycles. The number of aliphatic hydroxyl groups is 1. The molecular weight excluding hydrogens is 262 g/mol. The van der Waals surface area contributed by atoms with E-state index in [-0.39, 0.29) is 18.2 Å². The second-order valence-corrected chi connectivity index (χ2v) is 6.01. The van der Waals surface area contributed by atoms with Gasteiger partial charge in [0.25, 0.3) is 0 Å². The first-order valence-electron chi connectivity index (χ1n) is 6.91. The molecule has 5 heteroatoms. The van der Waals surface area contributed by atoms with Gasteiger partial charge in [0, 0.05) is 5.54 Å². The molecule has 0 radical (unpaired) electrons. The summed E-state index contributed by atoms with van der Waals surface area (Å²) in [4.78, 5) is 0. The van der Waals surface area contributed by atoms with Crippen LogP contribution in [0.15, 0.2) is 0 Å². The Kier molecular flexibility index (Phi) is 5.83. The average molecular weight is 288 g/mol. The van der Waals surface area contributed by atoms with E-state index in [2.05, 4.69) is 24.3 Å². The van der Waals surface area contributed by atoms with Crippen LogP contribution in [0.25, 0.3) is 0 Å². The van der Waals surface area contributed by atoms with Gasteiger partial charge >= 0.3 is 0 Å². The SMILES string of the molecule is CCCNC(C)(CO)CC(C)n1nc(C)c(Cl)c1C. The molecule has 0 aliphatic rings. The maximum absolute atomic E-state index is 9.62. The summed E-state index contributed by atoms with van der Waals surface area (Å²) in [6.07, 6.45) is 1.86. The molecule has 19 heavy (non-hydrogen) atoms. The van der Waals surface area contributed by atoms with Crippen LogP contribution in [0.1, 0.15) is 51.0 Å². The Labute approximate surface area is 121 Å². The second-order valence-electron chi connectivity index (χ2n) is 5.63. The summed E-state index contributed by atoms with van der Waals surface area (Å²) in [5.41, 5.74) is 1.56. The van der Waals surface area contributed by atoms with Crippen molar-refractivity contribution in [3.8, 4) is 0 Å². The highest BCUT2D eigenvalue weighted by atomic mass is 35.5. The second kappa shape index (κ2) is 6.73. The van der Waals surface area contributed by atoms with Gasteiger partial charge in [0.1, 0.15) is 0 Å². The molecule has 0 bridgehead atoms. The van der Waals surface area contributed by atoms with Gasteiger partial charge in [-0.1, -0.05) is 18.5 Å². The highest BCUT2D eigenvalue weighted by Gasteiger charge is 2.27. The molecule has 1 aromatic heterocycles. The van der Waals surface area contributed by atoms with Gasteiger partial charge in [-0.2, -0.15) is 5.10 Å². The predicted molar refractivity (Wildman–Crippen MR) is 79.8 cm³/mol. The van der Waals surface area contributed by atoms with Gasteiger partial charge in [-0.05, 0) is 47.1 Å². The molecule has 0 spiro atoms. The van der Waals surface area contributed by atoms with Gasteiger partial charge in [-0.3, -0.25) is 4.68 Å². The third-order valence-electron chi connectivity index (χ3n) is 3.55. The van der Waals surface area contributed by atoms with Gasteiger partial charge in [0.2, 0.25) is 0 Å². The lowest BCUT2D eigenvalue weighted by atomic mass is 9.94. The number of hydrogen-bond donors (Lipinski definition) is 2. The molecule has 1 rings (SSSR count). The maximum Gasteiger partial charge on any atom is 0.0844 e. The van der Waals surface area contributed by atoms with Gasteiger partial charge < -0.3 is 10.4 Å². The Morgan fingerprint density at radius 3 is 2.53 bits per heavy atom. The van der Waals surface area contributed by atoms with Crippen molar-refractivity contribution >= 4 is 11.6 Å². The first-order chi connectivity index (χ1) is 8.84. The Balaban J connectivity index is 2.82. The molecule has 0 fully saturated rings. The number of aliphatic hydroxyl groups excluding tert-OH is 1. The number of nitrogens with zero attached hydrogens (tertiary/aromatic N) is 2. The van der Waals surface area contributed by atoms with Gasteiger partial charge in [-0.15, -0.1) is 0 Å². The van der Waals surface area contributed by atoms with Crippen molar-refractivity contribution in [3.05, 3.63) is 16.4 Å². The largest absolute Gasteiger partial charge is 0.394 e. The molecule has 2 unspecified atom stereocenters. The summed E-state index contributed by atoms with van der Waals surface area (Å²) in [6, 6.07) is 0.188. The molecule has 0 amide bonds. The van der Waals surface area contributed by atoms with Crippen LogP contribution in [0.3, 0.4) is 0 Å². The van der Waals surface area contributed by atoms with E-state index in [9.17, 15) is 5.11 Å². The minimum absolute atomic E-state index is 0.115. The van der Waals surface area contributed by atoms with E-state index in [1.807, 2.05) is 25.5 Å². The molecule has 110 valence electrons. The smallest absolute Gasteiger partial charge is 0.0844 e. The summed E-state index contributed by atoms with van der Waals surface area (Å²) in [7, 11) is 0. The quantitative estimate of drug-likeness (QED) is 0.811. The minimum atomic E-state index is -0.284. The van der Waals surface area contributed by atoms with Crippen LogP contribution in [0, 0.1) is 13.8 Å². The number of hydrogen-bond acceptors (Lipinski definition) is 3. The number of aryl methyl sites for hydroxylation is 1. The molecule has 0 saturated carbocycles. The van der Waals surface area contributed by atoms with Gasteiger partial charge in [0.05, 0.1) is 29.1 Å². The van der Waals surface area contributed by atoms with Crippen LogP contribution in [-0.4, -0.2) is 33.6 Å². The highest BCUT2D eigenvalue weighted by Crippen LogP contribution is 2.26. The van der Waals surface area contributed by atoms with Crippen molar-refractivity contribution < 1.29 is 5.11 Å². The normalized spacial score (nSPS) is 16.4. The minimum Gasteiger partial charge on any atom is -0.394 e. The van der Waals surface area contributed by atoms with E-state index in [4.69, 9.17) is 11.6 Å². The van der Waals surface area contributed by atoms with Crippen LogP contribution in [0.5, 0.6) is 0 Å². The summed E-state index contributed by atoms with van der Waals surface area (Å²) >= 11 is 6.18. The molecule has 1 aromatic rings. The lowest BCUT2D eigenvalue weighted by Crippen LogP contribution is -2.47. The molecular formula is C14H26ClN3O. The zero-order valence-corrected chi connectivity index (χ0v) is 13.4. The average Bonchev–Trinajstić information content (AvgIpc) is 2.64. The standard InChI is InChI=1S/C14H26ClN3O/c1-6-7-16-14(5,9-19)8-10(2)18-12(4)13(15)11(3)17-18/h10,16,19H,6-9H2,1-5H3. The van der Waals surface area contributed by atoms with Crippen molar-refractivity contribution in [2.45, 2.75) is 59.0 Å². The highest BCUT2D eigenvalue weighted by molar-refractivity contribution is 6.31. The van der Waals surface area contributed by atoms with Crippen LogP contribution in [-0.2, 0) is 0 Å². The van der Waals surface area contributed by atoms with E-state index >= 15 is 0 Å². The lowest BCUT2D eigenvalue weighted by molar-refractivity contribution is 0.148. The third kappa shape index (κ3) is 3.94. The zero-order chi connectivity index (χ0) is 14.6. The Morgan fingerprint density at radius 2 is 2.11 bits per heavy atom. The van der Waals surface area contributed by atoms with Crippen LogP contribution >= 0.6 is 11.6 Å². The Bertz CT molecular complexity index is 419. The molecule has 4 nitrogen and oxygen atoms in total. The number of rotatable bonds is 7. The summed E-state index contributed by atoms with van der Waals surface area (Å²) in [5.74, 6) is 0. The molecule has 0 aromatic carbocycles. The number of nitrogens with one attached hydrogen (secondary N) is 1. The monoisotopic (exact) mass is 287 g/mol. The van der Waals surface area contributed by atoms with Crippen LogP contribution in [0.2, 0.25) is 5.02 Å². The zero-order valence-electron chi connectivity index (χ0n) is 12.6. The van der Waals surface area contributed by atoms with E-state index in [0.29, 0.717) is 0 Å². The first-order valence-corrected chi connectivity index (χ1v) is 7.29. The first kappa shape index (κ1) is 16.5. The number of aromatic nitrogens is 2. The van der Waals surface area contributed by atoms with Crippen LogP contribution < -0.4 is 5.32 Å². The molecule has 0 aliphatic carbocycles. The Morgan fingerprint density at radius 1 is 1.47 bits per heavy atom. The van der Waals surface area contributed by atoms with Gasteiger partial charge in [-0.25, -0.2) is 0 Å². The fourth-order valence-electron chi connectivity index (χ4n) is 2.43. The van der Waals surface area contributed by atoms with E-state index in [0.717, 1.165) is 35.8 Å². The number of halogens is 1. The molecule has 0 aliphatic heterocycles. The predicted octanol–water partition coefficient (Wildman–Crippen LogP) is 2.86. The van der Waals surface area contributed by atoms with E-state index in [1.165, 1.54) is 0 Å². The van der Waals surface area contributed by atoms with Crippen molar-refractivity contribution in [3.63, 3.8) is 0 Å². The molecule has 2 atom stereocenters. The summed E-state index contributed by atoms with van der Waals surface area (Å²) < 4.78 is 1.96. The van der Waals surface area contributed by atoms with Crippen molar-refractivity contribution in [1.29, 1.82) is 0 Å². The topological polar surface area (TPSA) is 50.1 Å². The molecule has 1 heterocycles. The maximum atomic E-state index is 9.62. The summed E-state index contributed by atoms with van der Waals surface area (Å²) in [6.45, 7) is 11.2. The summed E-state index contributed by atoms with van der Waals surface area (Å²) in [5, 5.41) is 18.3. The van der Waals surface area contributed by atoms with Gasteiger partial charge in [0.15, 0.2) is 0 Å². The van der Waals surface area contributed by atoms with Crippen molar-refractivity contribution in [2.24, 2.45) is 0 Å². The third-order valence-corrected chi connectivity index (χ3v) is 4.10. The van der Waals surface area contributed by atoms with Crippen molar-refractivity contribution in [2.75, 3.05) is 13.2 Å². The van der Waals surface area contributed by atoms with Crippen LogP contribution in [0.4, 0.5) is 0 Å².